The van der Waals surface area contributed by atoms with E-state index in [1.807, 2.05) is 70.2 Å². The summed E-state index contributed by atoms with van der Waals surface area (Å²) in [5, 5.41) is 3.06. The first-order chi connectivity index (χ1) is 12.0. The normalized spacial score (nSPS) is 11.7. The lowest BCUT2D eigenvalue weighted by Crippen LogP contribution is -2.28. The second-order valence-corrected chi connectivity index (χ2v) is 5.96. The van der Waals surface area contributed by atoms with E-state index in [2.05, 4.69) is 5.32 Å². The van der Waals surface area contributed by atoms with Gasteiger partial charge in [0.25, 0.3) is 0 Å². The predicted octanol–water partition coefficient (Wildman–Crippen LogP) is 4.21. The first kappa shape index (κ1) is 18.8. The molecule has 2 rings (SSSR count). The van der Waals surface area contributed by atoms with E-state index in [0.717, 1.165) is 22.4 Å². The molecule has 0 bridgehead atoms. The molecule has 25 heavy (non-hydrogen) atoms. The van der Waals surface area contributed by atoms with Crippen molar-refractivity contribution in [2.45, 2.75) is 40.2 Å². The summed E-state index contributed by atoms with van der Waals surface area (Å²) in [5.41, 5.74) is 3.17. The number of ether oxygens (including phenoxy) is 2. The summed E-state index contributed by atoms with van der Waals surface area (Å²) >= 11 is 0. The van der Waals surface area contributed by atoms with Gasteiger partial charge in [0, 0.05) is 0 Å². The minimum Gasteiger partial charge on any atom is -0.490 e. The van der Waals surface area contributed by atoms with Crippen LogP contribution in [0, 0.1) is 6.92 Å². The van der Waals surface area contributed by atoms with Crippen LogP contribution in [0.1, 0.15) is 43.5 Å². The van der Waals surface area contributed by atoms with Gasteiger partial charge in [-0.1, -0.05) is 30.3 Å². The number of benzene rings is 2. The molecule has 1 N–H and O–H groups in total. The summed E-state index contributed by atoms with van der Waals surface area (Å²) in [4.78, 5) is 12.4. The quantitative estimate of drug-likeness (QED) is 0.782. The molecule has 4 heteroatoms. The van der Waals surface area contributed by atoms with Crippen molar-refractivity contribution in [3.05, 3.63) is 59.2 Å². The fourth-order valence-corrected chi connectivity index (χ4v) is 2.69. The van der Waals surface area contributed by atoms with Crippen molar-refractivity contribution in [2.24, 2.45) is 0 Å². The first-order valence-electron chi connectivity index (χ1n) is 8.78. The van der Waals surface area contributed by atoms with Crippen LogP contribution in [0.5, 0.6) is 11.5 Å². The molecule has 0 heterocycles. The Balaban J connectivity index is 2.06. The Kier molecular flexibility index (Phi) is 6.87. The summed E-state index contributed by atoms with van der Waals surface area (Å²) < 4.78 is 11.2. The summed E-state index contributed by atoms with van der Waals surface area (Å²) in [7, 11) is 0. The number of carbonyl (C=O) groups excluding carboxylic acids is 1. The van der Waals surface area contributed by atoms with Crippen LogP contribution in [0.3, 0.4) is 0 Å². The number of amides is 1. The Morgan fingerprint density at radius 1 is 1.04 bits per heavy atom. The van der Waals surface area contributed by atoms with Crippen molar-refractivity contribution < 1.29 is 14.3 Å². The zero-order valence-electron chi connectivity index (χ0n) is 15.5. The highest BCUT2D eigenvalue weighted by Crippen LogP contribution is 2.30. The number of aryl methyl sites for hydroxylation is 1. The fourth-order valence-electron chi connectivity index (χ4n) is 2.69. The van der Waals surface area contributed by atoms with Crippen LogP contribution >= 0.6 is 0 Å². The summed E-state index contributed by atoms with van der Waals surface area (Å²) in [6.45, 7) is 9.03. The fraction of sp³-hybridized carbons (Fsp3) is 0.381. The molecule has 2 aromatic rings. The van der Waals surface area contributed by atoms with Gasteiger partial charge >= 0.3 is 0 Å². The molecule has 134 valence electrons. The minimum atomic E-state index is -0.105. The molecule has 0 saturated carbocycles. The molecule has 0 aliphatic carbocycles. The molecule has 1 amide bonds. The van der Waals surface area contributed by atoms with Gasteiger partial charge in [-0.3, -0.25) is 4.79 Å². The topological polar surface area (TPSA) is 47.6 Å². The Morgan fingerprint density at radius 3 is 2.40 bits per heavy atom. The third-order valence-electron chi connectivity index (χ3n) is 4.06. The number of carbonyl (C=O) groups is 1. The lowest BCUT2D eigenvalue weighted by molar-refractivity contribution is -0.121. The number of hydrogen-bond donors (Lipinski definition) is 1. The van der Waals surface area contributed by atoms with Gasteiger partial charge in [0.15, 0.2) is 11.5 Å². The highest BCUT2D eigenvalue weighted by atomic mass is 16.5. The van der Waals surface area contributed by atoms with E-state index in [9.17, 15) is 4.79 Å². The van der Waals surface area contributed by atoms with Crippen LogP contribution in [0.2, 0.25) is 0 Å². The minimum absolute atomic E-state index is 0.00800. The Morgan fingerprint density at radius 2 is 1.72 bits per heavy atom. The molecular weight excluding hydrogens is 314 g/mol. The van der Waals surface area contributed by atoms with Crippen LogP contribution in [-0.2, 0) is 11.2 Å². The van der Waals surface area contributed by atoms with E-state index < -0.39 is 0 Å². The van der Waals surface area contributed by atoms with Gasteiger partial charge in [0.05, 0.1) is 25.7 Å². The average Bonchev–Trinajstić information content (AvgIpc) is 2.59. The van der Waals surface area contributed by atoms with Crippen LogP contribution in [0.25, 0.3) is 0 Å². The van der Waals surface area contributed by atoms with Crippen molar-refractivity contribution in [1.29, 1.82) is 0 Å². The maximum atomic E-state index is 12.4. The molecule has 0 saturated heterocycles. The van der Waals surface area contributed by atoms with E-state index in [-0.39, 0.29) is 11.9 Å². The zero-order chi connectivity index (χ0) is 18.2. The smallest absolute Gasteiger partial charge is 0.224 e. The zero-order valence-corrected chi connectivity index (χ0v) is 15.5. The maximum absolute atomic E-state index is 12.4. The van der Waals surface area contributed by atoms with Gasteiger partial charge < -0.3 is 14.8 Å². The van der Waals surface area contributed by atoms with E-state index in [1.165, 1.54) is 0 Å². The van der Waals surface area contributed by atoms with Crippen LogP contribution < -0.4 is 14.8 Å². The van der Waals surface area contributed by atoms with Crippen LogP contribution in [-0.4, -0.2) is 19.1 Å². The molecule has 0 unspecified atom stereocenters. The first-order valence-corrected chi connectivity index (χ1v) is 8.78. The molecular formula is C21H27NO3. The standard InChI is InChI=1S/C21H27NO3/c1-5-24-19-12-11-18(13-20(19)25-6-2)16(4)22-21(23)14-17-10-8-7-9-15(17)3/h7-13,16H,5-6,14H2,1-4H3,(H,22,23)/t16-/m1/s1. The highest BCUT2D eigenvalue weighted by Gasteiger charge is 2.14. The number of nitrogens with one attached hydrogen (secondary N) is 1. The van der Waals surface area contributed by atoms with E-state index >= 15 is 0 Å². The number of hydrogen-bond acceptors (Lipinski definition) is 3. The highest BCUT2D eigenvalue weighted by molar-refractivity contribution is 5.79. The van der Waals surface area contributed by atoms with Gasteiger partial charge in [-0.2, -0.15) is 0 Å². The monoisotopic (exact) mass is 341 g/mol. The molecule has 0 aliphatic heterocycles. The lowest BCUT2D eigenvalue weighted by Gasteiger charge is -2.18. The van der Waals surface area contributed by atoms with Gasteiger partial charge in [-0.15, -0.1) is 0 Å². The summed E-state index contributed by atoms with van der Waals surface area (Å²) in [5.74, 6) is 1.45. The third kappa shape index (κ3) is 5.24. The predicted molar refractivity (Wildman–Crippen MR) is 100 cm³/mol. The summed E-state index contributed by atoms with van der Waals surface area (Å²) in [6, 6.07) is 13.6. The van der Waals surface area contributed by atoms with Crippen molar-refractivity contribution in [3.8, 4) is 11.5 Å². The molecule has 0 fully saturated rings. The largest absolute Gasteiger partial charge is 0.490 e. The molecule has 0 spiro atoms. The van der Waals surface area contributed by atoms with E-state index in [1.54, 1.807) is 0 Å². The summed E-state index contributed by atoms with van der Waals surface area (Å²) in [6.07, 6.45) is 0.381. The molecule has 2 aromatic carbocycles. The second kappa shape index (κ2) is 9.11. The molecule has 0 radical (unpaired) electrons. The van der Waals surface area contributed by atoms with E-state index in [4.69, 9.17) is 9.47 Å². The van der Waals surface area contributed by atoms with Crippen molar-refractivity contribution >= 4 is 5.91 Å². The van der Waals surface area contributed by atoms with Gasteiger partial charge in [-0.25, -0.2) is 0 Å². The molecule has 4 nitrogen and oxygen atoms in total. The molecule has 0 aromatic heterocycles. The van der Waals surface area contributed by atoms with Gasteiger partial charge in [0.1, 0.15) is 0 Å². The van der Waals surface area contributed by atoms with Crippen LogP contribution in [0.4, 0.5) is 0 Å². The SMILES string of the molecule is CCOc1ccc([C@@H](C)NC(=O)Cc2ccccc2C)cc1OCC. The Bertz CT molecular complexity index is 712. The van der Waals surface area contributed by atoms with Crippen molar-refractivity contribution in [2.75, 3.05) is 13.2 Å². The maximum Gasteiger partial charge on any atom is 0.224 e. The lowest BCUT2D eigenvalue weighted by atomic mass is 10.0. The van der Waals surface area contributed by atoms with Gasteiger partial charge in [-0.05, 0) is 56.5 Å². The molecule has 1 atom stereocenters. The van der Waals surface area contributed by atoms with Crippen LogP contribution in [0.15, 0.2) is 42.5 Å². The molecule has 0 aliphatic rings. The second-order valence-electron chi connectivity index (χ2n) is 5.96. The average molecular weight is 341 g/mol. The van der Waals surface area contributed by atoms with Crippen molar-refractivity contribution in [3.63, 3.8) is 0 Å². The van der Waals surface area contributed by atoms with Gasteiger partial charge in [0.2, 0.25) is 5.91 Å². The third-order valence-corrected chi connectivity index (χ3v) is 4.06. The Labute approximate surface area is 150 Å². The van der Waals surface area contributed by atoms with Crippen molar-refractivity contribution in [1.82, 2.24) is 5.32 Å². The van der Waals surface area contributed by atoms with E-state index in [0.29, 0.717) is 25.4 Å². The number of rotatable bonds is 8. The Hall–Kier alpha value is -2.49.